The molecule has 2 nitrogen and oxygen atoms in total. The van der Waals surface area contributed by atoms with Gasteiger partial charge in [0.05, 0.1) is 4.47 Å². The first kappa shape index (κ1) is 12.5. The van der Waals surface area contributed by atoms with E-state index >= 15 is 0 Å². The molecule has 3 heteroatoms. The van der Waals surface area contributed by atoms with Gasteiger partial charge in [0.15, 0.2) is 0 Å². The van der Waals surface area contributed by atoms with Gasteiger partial charge in [0.2, 0.25) is 0 Å². The van der Waals surface area contributed by atoms with Gasteiger partial charge >= 0.3 is 0 Å². The molecule has 0 atom stereocenters. The Hall–Kier alpha value is -0.540. The fraction of sp³-hybridized carbons (Fsp3) is 0.600. The molecule has 18 heavy (non-hydrogen) atoms. The van der Waals surface area contributed by atoms with Gasteiger partial charge in [-0.3, -0.25) is 0 Å². The lowest BCUT2D eigenvalue weighted by Gasteiger charge is -2.17. The molecule has 1 N–H and O–H groups in total. The molecule has 1 aromatic carbocycles. The predicted octanol–water partition coefficient (Wildman–Crippen LogP) is 3.61. The van der Waals surface area contributed by atoms with Crippen LogP contribution in [0, 0.1) is 11.8 Å². The van der Waals surface area contributed by atoms with E-state index in [1.54, 1.807) is 0 Å². The lowest BCUT2D eigenvalue weighted by Crippen LogP contribution is -2.36. The van der Waals surface area contributed by atoms with E-state index in [-0.39, 0.29) is 0 Å². The Labute approximate surface area is 117 Å². The average Bonchev–Trinajstić information content (AvgIpc) is 3.25. The molecule has 0 aromatic heterocycles. The summed E-state index contributed by atoms with van der Waals surface area (Å²) in [5.74, 6) is 2.86. The predicted molar refractivity (Wildman–Crippen MR) is 76.9 cm³/mol. The van der Waals surface area contributed by atoms with Gasteiger partial charge in [-0.25, -0.2) is 0 Å². The van der Waals surface area contributed by atoms with Crippen LogP contribution in [0.5, 0.6) is 5.75 Å². The molecule has 0 heterocycles. The Morgan fingerprint density at radius 2 is 1.83 bits per heavy atom. The van der Waals surface area contributed by atoms with Gasteiger partial charge in [-0.15, -0.1) is 0 Å². The highest BCUT2D eigenvalue weighted by atomic mass is 79.9. The fourth-order valence-electron chi connectivity index (χ4n) is 2.58. The van der Waals surface area contributed by atoms with Crippen LogP contribution in [0.4, 0.5) is 0 Å². The average molecular weight is 310 g/mol. The van der Waals surface area contributed by atoms with Crippen LogP contribution in [-0.4, -0.2) is 19.2 Å². The van der Waals surface area contributed by atoms with E-state index in [1.807, 2.05) is 24.3 Å². The number of hydrogen-bond acceptors (Lipinski definition) is 2. The molecule has 2 saturated carbocycles. The number of para-hydroxylation sites is 1. The van der Waals surface area contributed by atoms with Gasteiger partial charge < -0.3 is 10.1 Å². The minimum Gasteiger partial charge on any atom is -0.491 e. The number of hydrogen-bond donors (Lipinski definition) is 1. The van der Waals surface area contributed by atoms with E-state index in [4.69, 9.17) is 4.74 Å². The summed E-state index contributed by atoms with van der Waals surface area (Å²) in [4.78, 5) is 0. The van der Waals surface area contributed by atoms with E-state index in [2.05, 4.69) is 21.2 Å². The second kappa shape index (κ2) is 5.62. The highest BCUT2D eigenvalue weighted by Gasteiger charge is 2.40. The number of nitrogens with one attached hydrogen (secondary N) is 1. The lowest BCUT2D eigenvalue weighted by molar-refractivity contribution is 0.292. The van der Waals surface area contributed by atoms with E-state index in [0.29, 0.717) is 0 Å². The van der Waals surface area contributed by atoms with Crippen LogP contribution in [0.25, 0.3) is 0 Å². The van der Waals surface area contributed by atoms with Crippen molar-refractivity contribution in [1.29, 1.82) is 0 Å². The first-order valence-corrected chi connectivity index (χ1v) is 7.74. The zero-order chi connectivity index (χ0) is 12.4. The maximum Gasteiger partial charge on any atom is 0.133 e. The molecule has 0 radical (unpaired) electrons. The number of ether oxygens (including phenoxy) is 1. The highest BCUT2D eigenvalue weighted by Crippen LogP contribution is 2.44. The maximum absolute atomic E-state index is 5.78. The Kier molecular flexibility index (Phi) is 3.90. The molecule has 3 rings (SSSR count). The normalized spacial score (nSPS) is 19.2. The van der Waals surface area contributed by atoms with Crippen LogP contribution in [0.15, 0.2) is 28.7 Å². The molecular formula is C15H20BrNO. The maximum atomic E-state index is 5.78. The Bertz CT molecular complexity index is 389. The zero-order valence-corrected chi connectivity index (χ0v) is 12.2. The quantitative estimate of drug-likeness (QED) is 0.777. The van der Waals surface area contributed by atoms with Gasteiger partial charge in [0.25, 0.3) is 0 Å². The van der Waals surface area contributed by atoms with Crippen molar-refractivity contribution >= 4 is 15.9 Å². The van der Waals surface area contributed by atoms with Crippen molar-refractivity contribution in [3.8, 4) is 5.75 Å². The molecule has 2 aliphatic carbocycles. The summed E-state index contributed by atoms with van der Waals surface area (Å²) in [7, 11) is 0. The van der Waals surface area contributed by atoms with Crippen molar-refractivity contribution in [1.82, 2.24) is 5.32 Å². The van der Waals surface area contributed by atoms with E-state index in [1.165, 1.54) is 25.7 Å². The molecule has 0 spiro atoms. The summed E-state index contributed by atoms with van der Waals surface area (Å²) in [6, 6.07) is 8.80. The minimum atomic E-state index is 0.749. The monoisotopic (exact) mass is 309 g/mol. The second-order valence-electron chi connectivity index (χ2n) is 5.43. The Morgan fingerprint density at radius 3 is 2.44 bits per heavy atom. The van der Waals surface area contributed by atoms with E-state index < -0.39 is 0 Å². The molecule has 0 unspecified atom stereocenters. The van der Waals surface area contributed by atoms with Crippen molar-refractivity contribution in [2.24, 2.45) is 11.8 Å². The summed E-state index contributed by atoms with van der Waals surface area (Å²) < 4.78 is 6.81. The summed E-state index contributed by atoms with van der Waals surface area (Å²) >= 11 is 3.50. The number of rotatable bonds is 7. The molecule has 2 fully saturated rings. The Morgan fingerprint density at radius 1 is 1.17 bits per heavy atom. The topological polar surface area (TPSA) is 21.3 Å². The fourth-order valence-corrected chi connectivity index (χ4v) is 2.98. The summed E-state index contributed by atoms with van der Waals surface area (Å²) in [5, 5.41) is 3.69. The molecule has 98 valence electrons. The zero-order valence-electron chi connectivity index (χ0n) is 10.6. The number of halogens is 1. The summed E-state index contributed by atoms with van der Waals surface area (Å²) in [6.07, 6.45) is 5.72. The van der Waals surface area contributed by atoms with Gasteiger partial charge in [0.1, 0.15) is 12.4 Å². The third-order valence-electron chi connectivity index (χ3n) is 3.84. The van der Waals surface area contributed by atoms with Crippen molar-refractivity contribution in [2.75, 3.05) is 13.2 Å². The molecule has 0 saturated heterocycles. The third kappa shape index (κ3) is 3.27. The summed E-state index contributed by atoms with van der Waals surface area (Å²) in [5.41, 5.74) is 0. The Balaban J connectivity index is 1.40. The molecular weight excluding hydrogens is 290 g/mol. The van der Waals surface area contributed by atoms with Gasteiger partial charge in [0, 0.05) is 12.6 Å². The second-order valence-corrected chi connectivity index (χ2v) is 6.29. The third-order valence-corrected chi connectivity index (χ3v) is 4.49. The first-order valence-electron chi connectivity index (χ1n) is 6.95. The standard InChI is InChI=1S/C15H20BrNO/c16-13-3-1-2-4-14(13)18-10-9-17-15(11-5-6-11)12-7-8-12/h1-4,11-12,15,17H,5-10H2. The molecule has 0 amide bonds. The van der Waals surface area contributed by atoms with Crippen LogP contribution in [0.2, 0.25) is 0 Å². The van der Waals surface area contributed by atoms with Crippen molar-refractivity contribution in [3.63, 3.8) is 0 Å². The minimum absolute atomic E-state index is 0.749. The van der Waals surface area contributed by atoms with Crippen molar-refractivity contribution < 1.29 is 4.74 Å². The van der Waals surface area contributed by atoms with Crippen LogP contribution < -0.4 is 10.1 Å². The van der Waals surface area contributed by atoms with Crippen LogP contribution in [0.1, 0.15) is 25.7 Å². The van der Waals surface area contributed by atoms with E-state index in [9.17, 15) is 0 Å². The molecule has 1 aromatic rings. The van der Waals surface area contributed by atoms with Crippen molar-refractivity contribution in [2.45, 2.75) is 31.7 Å². The SMILES string of the molecule is Brc1ccccc1OCCNC(C1CC1)C1CC1. The molecule has 2 aliphatic rings. The van der Waals surface area contributed by atoms with Gasteiger partial charge in [-0.2, -0.15) is 0 Å². The molecule has 0 bridgehead atoms. The van der Waals surface area contributed by atoms with Gasteiger partial charge in [-0.1, -0.05) is 12.1 Å². The highest BCUT2D eigenvalue weighted by molar-refractivity contribution is 9.10. The smallest absolute Gasteiger partial charge is 0.133 e. The number of benzene rings is 1. The lowest BCUT2D eigenvalue weighted by atomic mass is 10.1. The van der Waals surface area contributed by atoms with Crippen LogP contribution >= 0.6 is 15.9 Å². The first-order chi connectivity index (χ1) is 8.84. The van der Waals surface area contributed by atoms with Gasteiger partial charge in [-0.05, 0) is 65.6 Å². The van der Waals surface area contributed by atoms with Crippen LogP contribution in [-0.2, 0) is 0 Å². The van der Waals surface area contributed by atoms with E-state index in [0.717, 1.165) is 41.3 Å². The molecule has 0 aliphatic heterocycles. The summed E-state index contributed by atoms with van der Waals surface area (Å²) in [6.45, 7) is 1.71. The van der Waals surface area contributed by atoms with Crippen molar-refractivity contribution in [3.05, 3.63) is 28.7 Å². The largest absolute Gasteiger partial charge is 0.491 e. The van der Waals surface area contributed by atoms with Crippen LogP contribution in [0.3, 0.4) is 0 Å².